The van der Waals surface area contributed by atoms with Gasteiger partial charge in [0.15, 0.2) is 0 Å². The van der Waals surface area contributed by atoms with Gasteiger partial charge in [0, 0.05) is 12.6 Å². The summed E-state index contributed by atoms with van der Waals surface area (Å²) in [5, 5.41) is 12.2. The monoisotopic (exact) mass is 312 g/mol. The molecule has 1 saturated carbocycles. The Balaban J connectivity index is 2.17. The Bertz CT molecular complexity index is 615. The minimum Gasteiger partial charge on any atom is -0.481 e. The zero-order valence-corrected chi connectivity index (χ0v) is 12.7. The third kappa shape index (κ3) is 3.74. The van der Waals surface area contributed by atoms with Crippen LogP contribution in [-0.2, 0) is 14.8 Å². The largest absolute Gasteiger partial charge is 0.481 e. The van der Waals surface area contributed by atoms with Crippen LogP contribution in [0.5, 0.6) is 0 Å². The van der Waals surface area contributed by atoms with Crippen molar-refractivity contribution in [2.45, 2.75) is 37.1 Å². The van der Waals surface area contributed by atoms with Crippen LogP contribution in [0.3, 0.4) is 0 Å². The van der Waals surface area contributed by atoms with Gasteiger partial charge in [0.05, 0.1) is 11.6 Å². The van der Waals surface area contributed by atoms with Gasteiger partial charge in [-0.3, -0.25) is 4.79 Å². The first kappa shape index (κ1) is 15.8. The van der Waals surface area contributed by atoms with Crippen LogP contribution >= 0.6 is 0 Å². The molecule has 0 amide bonds. The number of benzene rings is 1. The molecule has 2 rings (SSSR count). The molecular weight excluding hydrogens is 292 g/mol. The van der Waals surface area contributed by atoms with Gasteiger partial charge in [0.25, 0.3) is 0 Å². The summed E-state index contributed by atoms with van der Waals surface area (Å²) >= 11 is 0. The summed E-state index contributed by atoms with van der Waals surface area (Å²) in [5.74, 6) is -1.13. The summed E-state index contributed by atoms with van der Waals surface area (Å²) in [5.41, 5.74) is 0.523. The van der Waals surface area contributed by atoms with E-state index in [1.807, 2.05) is 0 Å². The molecule has 21 heavy (non-hydrogen) atoms. The van der Waals surface area contributed by atoms with Crippen molar-refractivity contribution in [3.63, 3.8) is 0 Å². The van der Waals surface area contributed by atoms with Gasteiger partial charge in [0.1, 0.15) is 4.90 Å². The van der Waals surface area contributed by atoms with Crippen LogP contribution in [0.2, 0.25) is 0 Å². The number of aliphatic carboxylic acids is 1. The molecule has 0 saturated heterocycles. The van der Waals surface area contributed by atoms with Gasteiger partial charge >= 0.3 is 5.97 Å². The van der Waals surface area contributed by atoms with Crippen LogP contribution in [0.4, 0.5) is 5.69 Å². The molecule has 3 N–H and O–H groups in total. The highest BCUT2D eigenvalue weighted by molar-refractivity contribution is 7.89. The minimum atomic E-state index is -3.54. The van der Waals surface area contributed by atoms with Gasteiger partial charge < -0.3 is 10.4 Å². The number of carbonyl (C=O) groups is 1. The lowest BCUT2D eigenvalue weighted by Crippen LogP contribution is -2.25. The van der Waals surface area contributed by atoms with Gasteiger partial charge in [-0.05, 0) is 31.4 Å². The molecule has 1 aliphatic carbocycles. The maximum Gasteiger partial charge on any atom is 0.306 e. The third-order valence-electron chi connectivity index (χ3n) is 3.65. The highest BCUT2D eigenvalue weighted by Crippen LogP contribution is 2.30. The zero-order valence-electron chi connectivity index (χ0n) is 11.9. The number of carboxylic acids is 1. The number of rotatable bonds is 6. The maximum atomic E-state index is 12.2. The second-order valence-corrected chi connectivity index (χ2v) is 6.92. The quantitative estimate of drug-likeness (QED) is 0.742. The summed E-state index contributed by atoms with van der Waals surface area (Å²) in [6, 6.07) is 6.67. The van der Waals surface area contributed by atoms with Crippen molar-refractivity contribution < 1.29 is 18.3 Å². The normalized spacial score (nSPS) is 22.1. The molecule has 116 valence electrons. The second-order valence-electron chi connectivity index (χ2n) is 5.19. The predicted octanol–water partition coefficient (Wildman–Crippen LogP) is 1.65. The molecule has 0 heterocycles. The summed E-state index contributed by atoms with van der Waals surface area (Å²) in [7, 11) is -3.54. The van der Waals surface area contributed by atoms with Crippen LogP contribution in [0.1, 0.15) is 26.2 Å². The van der Waals surface area contributed by atoms with Crippen LogP contribution in [0.25, 0.3) is 0 Å². The molecule has 0 aromatic heterocycles. The van der Waals surface area contributed by atoms with E-state index in [0.29, 0.717) is 25.1 Å². The number of nitrogens with one attached hydrogen (secondary N) is 2. The van der Waals surface area contributed by atoms with Crippen molar-refractivity contribution in [3.05, 3.63) is 24.3 Å². The SMILES string of the molecule is CCNS(=O)(=O)c1ccccc1N[C@H]1CC[C@@H](C(=O)O)C1. The van der Waals surface area contributed by atoms with Crippen LogP contribution < -0.4 is 10.0 Å². The number of hydrogen-bond donors (Lipinski definition) is 3. The lowest BCUT2D eigenvalue weighted by atomic mass is 10.1. The molecular formula is C14H20N2O4S. The fraction of sp³-hybridized carbons (Fsp3) is 0.500. The smallest absolute Gasteiger partial charge is 0.306 e. The molecule has 7 heteroatoms. The van der Waals surface area contributed by atoms with Gasteiger partial charge in [-0.1, -0.05) is 19.1 Å². The molecule has 0 unspecified atom stereocenters. The molecule has 6 nitrogen and oxygen atoms in total. The number of hydrogen-bond acceptors (Lipinski definition) is 4. The second kappa shape index (κ2) is 6.44. The standard InChI is InChI=1S/C14H20N2O4S/c1-2-15-21(19,20)13-6-4-3-5-12(13)16-11-8-7-10(9-11)14(17)18/h3-6,10-11,15-16H,2,7-9H2,1H3,(H,17,18)/t10-,11+/m1/s1. The van der Waals surface area contributed by atoms with E-state index in [1.54, 1.807) is 31.2 Å². The number of sulfonamides is 1. The number of para-hydroxylation sites is 1. The zero-order chi connectivity index (χ0) is 15.5. The van der Waals surface area contributed by atoms with Gasteiger partial charge in [-0.15, -0.1) is 0 Å². The number of anilines is 1. The lowest BCUT2D eigenvalue weighted by molar-refractivity contribution is -0.141. The Morgan fingerprint density at radius 1 is 1.33 bits per heavy atom. The average molecular weight is 312 g/mol. The Morgan fingerprint density at radius 3 is 2.67 bits per heavy atom. The predicted molar refractivity (Wildman–Crippen MR) is 79.7 cm³/mol. The third-order valence-corrected chi connectivity index (χ3v) is 5.26. The van der Waals surface area contributed by atoms with E-state index in [2.05, 4.69) is 10.0 Å². The van der Waals surface area contributed by atoms with Crippen molar-refractivity contribution in [1.82, 2.24) is 4.72 Å². The van der Waals surface area contributed by atoms with Crippen molar-refractivity contribution in [1.29, 1.82) is 0 Å². The van der Waals surface area contributed by atoms with Crippen LogP contribution in [0.15, 0.2) is 29.2 Å². The minimum absolute atomic E-state index is 0.0101. The van der Waals surface area contributed by atoms with Crippen molar-refractivity contribution in [2.24, 2.45) is 5.92 Å². The Labute approximate surface area is 124 Å². The lowest BCUT2D eigenvalue weighted by Gasteiger charge is -2.17. The maximum absolute atomic E-state index is 12.2. The van der Waals surface area contributed by atoms with Gasteiger partial charge in [-0.25, -0.2) is 13.1 Å². The fourth-order valence-electron chi connectivity index (χ4n) is 2.64. The molecule has 0 spiro atoms. The van der Waals surface area contributed by atoms with Crippen LogP contribution in [0, 0.1) is 5.92 Å². The first-order chi connectivity index (χ1) is 9.94. The molecule has 2 atom stereocenters. The summed E-state index contributed by atoms with van der Waals surface area (Å²) in [6.45, 7) is 2.04. The summed E-state index contributed by atoms with van der Waals surface area (Å²) in [4.78, 5) is 11.2. The fourth-order valence-corrected chi connectivity index (χ4v) is 3.85. The highest BCUT2D eigenvalue weighted by atomic mass is 32.2. The van der Waals surface area contributed by atoms with Crippen molar-refractivity contribution in [3.8, 4) is 0 Å². The molecule has 1 aromatic rings. The first-order valence-corrected chi connectivity index (χ1v) is 8.50. The first-order valence-electron chi connectivity index (χ1n) is 7.02. The van der Waals surface area contributed by atoms with E-state index >= 15 is 0 Å². The molecule has 1 aromatic carbocycles. The van der Waals surface area contributed by atoms with E-state index < -0.39 is 16.0 Å². The molecule has 1 aliphatic rings. The van der Waals surface area contributed by atoms with E-state index in [1.165, 1.54) is 0 Å². The van der Waals surface area contributed by atoms with Crippen molar-refractivity contribution in [2.75, 3.05) is 11.9 Å². The summed E-state index contributed by atoms with van der Waals surface area (Å²) in [6.07, 6.45) is 1.87. The van der Waals surface area contributed by atoms with E-state index in [9.17, 15) is 13.2 Å². The van der Waals surface area contributed by atoms with Crippen molar-refractivity contribution >= 4 is 21.7 Å². The van der Waals surface area contributed by atoms with E-state index in [0.717, 1.165) is 6.42 Å². The highest BCUT2D eigenvalue weighted by Gasteiger charge is 2.30. The van der Waals surface area contributed by atoms with E-state index in [-0.39, 0.29) is 16.9 Å². The van der Waals surface area contributed by atoms with Gasteiger partial charge in [-0.2, -0.15) is 0 Å². The Kier molecular flexibility index (Phi) is 4.84. The molecule has 1 fully saturated rings. The molecule has 0 bridgehead atoms. The Morgan fingerprint density at radius 2 is 2.05 bits per heavy atom. The van der Waals surface area contributed by atoms with Gasteiger partial charge in [0.2, 0.25) is 10.0 Å². The molecule has 0 radical (unpaired) electrons. The average Bonchev–Trinajstić information content (AvgIpc) is 2.88. The molecule has 0 aliphatic heterocycles. The topological polar surface area (TPSA) is 95.5 Å². The summed E-state index contributed by atoms with van der Waals surface area (Å²) < 4.78 is 26.8. The Hall–Kier alpha value is -1.60. The van der Waals surface area contributed by atoms with Crippen LogP contribution in [-0.4, -0.2) is 32.1 Å². The van der Waals surface area contributed by atoms with E-state index in [4.69, 9.17) is 5.11 Å². The number of carboxylic acid groups (broad SMARTS) is 1.